The maximum Gasteiger partial charge on any atom is 0.331 e. The molecule has 0 atom stereocenters. The Labute approximate surface area is 117 Å². The fourth-order valence-corrected chi connectivity index (χ4v) is 1.83. The fourth-order valence-electron chi connectivity index (χ4n) is 1.83. The second kappa shape index (κ2) is 6.04. The Hall–Kier alpha value is -1.89. The minimum Gasteiger partial charge on any atom is -0.389 e. The largest absolute Gasteiger partial charge is 0.389 e. The Morgan fingerprint density at radius 3 is 2.50 bits per heavy atom. The number of amides is 1. The van der Waals surface area contributed by atoms with Gasteiger partial charge in [0.25, 0.3) is 5.56 Å². The first-order valence-corrected chi connectivity index (χ1v) is 6.42. The van der Waals surface area contributed by atoms with Crippen LogP contribution in [0.25, 0.3) is 0 Å². The third kappa shape index (κ3) is 4.06. The van der Waals surface area contributed by atoms with E-state index in [1.54, 1.807) is 20.8 Å². The number of nitrogens with zero attached hydrogens (tertiary/aromatic N) is 3. The van der Waals surface area contributed by atoms with Gasteiger partial charge in [0, 0.05) is 32.4 Å². The normalized spacial score (nSPS) is 11.4. The Kier molecular flexibility index (Phi) is 4.88. The molecule has 7 nitrogen and oxygen atoms in total. The summed E-state index contributed by atoms with van der Waals surface area (Å²) in [5.74, 6) is -0.282. The zero-order valence-corrected chi connectivity index (χ0v) is 12.3. The van der Waals surface area contributed by atoms with Gasteiger partial charge in [0.05, 0.1) is 5.60 Å². The van der Waals surface area contributed by atoms with Crippen molar-refractivity contribution in [2.24, 2.45) is 7.05 Å². The number of hydrogen-bond acceptors (Lipinski definition) is 4. The molecule has 20 heavy (non-hydrogen) atoms. The van der Waals surface area contributed by atoms with Crippen LogP contribution in [0.5, 0.6) is 0 Å². The molecule has 0 aliphatic rings. The van der Waals surface area contributed by atoms with Crippen molar-refractivity contribution in [3.05, 3.63) is 33.1 Å². The molecule has 0 saturated carbocycles. The first-order valence-electron chi connectivity index (χ1n) is 6.42. The van der Waals surface area contributed by atoms with E-state index >= 15 is 0 Å². The van der Waals surface area contributed by atoms with Crippen molar-refractivity contribution < 1.29 is 9.90 Å². The molecule has 0 aliphatic heterocycles. The van der Waals surface area contributed by atoms with Crippen molar-refractivity contribution in [3.8, 4) is 0 Å². The Morgan fingerprint density at radius 2 is 2.00 bits per heavy atom. The van der Waals surface area contributed by atoms with E-state index in [1.165, 1.54) is 28.8 Å². The van der Waals surface area contributed by atoms with E-state index < -0.39 is 16.9 Å². The summed E-state index contributed by atoms with van der Waals surface area (Å²) in [6.07, 6.45) is 1.31. The van der Waals surface area contributed by atoms with Gasteiger partial charge in [0.1, 0.15) is 6.54 Å². The van der Waals surface area contributed by atoms with Gasteiger partial charge in [-0.2, -0.15) is 0 Å². The van der Waals surface area contributed by atoms with Crippen LogP contribution in [-0.2, 0) is 18.4 Å². The topological polar surface area (TPSA) is 84.5 Å². The number of carbonyl (C=O) groups excluding carboxylic acids is 1. The lowest BCUT2D eigenvalue weighted by Gasteiger charge is -2.28. The van der Waals surface area contributed by atoms with Crippen LogP contribution < -0.4 is 11.2 Å². The molecular formula is C13H21N3O4. The number of rotatable bonds is 5. The van der Waals surface area contributed by atoms with Gasteiger partial charge in [-0.05, 0) is 20.8 Å². The van der Waals surface area contributed by atoms with Crippen LogP contribution in [0.4, 0.5) is 0 Å². The van der Waals surface area contributed by atoms with E-state index in [4.69, 9.17) is 0 Å². The molecule has 0 unspecified atom stereocenters. The Bertz CT molecular complexity index is 595. The van der Waals surface area contributed by atoms with Crippen LogP contribution in [0.15, 0.2) is 21.9 Å². The van der Waals surface area contributed by atoms with Gasteiger partial charge < -0.3 is 10.0 Å². The Balaban J connectivity index is 2.93. The summed E-state index contributed by atoms with van der Waals surface area (Å²) in [6, 6.07) is 1.24. The lowest BCUT2D eigenvalue weighted by atomic mass is 10.1. The summed E-state index contributed by atoms with van der Waals surface area (Å²) < 4.78 is 2.12. The highest BCUT2D eigenvalue weighted by atomic mass is 16.3. The molecule has 0 radical (unpaired) electrons. The van der Waals surface area contributed by atoms with Crippen LogP contribution in [-0.4, -0.2) is 43.7 Å². The Morgan fingerprint density at radius 1 is 1.40 bits per heavy atom. The molecule has 1 rings (SSSR count). The molecule has 0 bridgehead atoms. The van der Waals surface area contributed by atoms with Crippen molar-refractivity contribution in [1.29, 1.82) is 0 Å². The summed E-state index contributed by atoms with van der Waals surface area (Å²) in [4.78, 5) is 36.7. The highest BCUT2D eigenvalue weighted by Crippen LogP contribution is 2.05. The number of hydrogen-bond donors (Lipinski definition) is 1. The first kappa shape index (κ1) is 16.2. The van der Waals surface area contributed by atoms with Gasteiger partial charge in [-0.15, -0.1) is 0 Å². The summed E-state index contributed by atoms with van der Waals surface area (Å²) in [5.41, 5.74) is -1.95. The maximum absolute atomic E-state index is 12.1. The van der Waals surface area contributed by atoms with Gasteiger partial charge in [-0.1, -0.05) is 0 Å². The number of aliphatic hydroxyl groups is 1. The summed E-state index contributed by atoms with van der Waals surface area (Å²) in [7, 11) is 1.36. The third-order valence-corrected chi connectivity index (χ3v) is 2.88. The van der Waals surface area contributed by atoms with E-state index in [0.717, 1.165) is 4.57 Å². The zero-order chi connectivity index (χ0) is 15.5. The molecule has 1 aromatic heterocycles. The van der Waals surface area contributed by atoms with E-state index in [1.807, 2.05) is 0 Å². The molecule has 7 heteroatoms. The molecule has 112 valence electrons. The molecule has 0 fully saturated rings. The SMILES string of the molecule is CCN(CC(C)(C)O)C(=O)Cn1ccc(=O)n(C)c1=O. The number of aromatic nitrogens is 2. The van der Waals surface area contributed by atoms with Gasteiger partial charge >= 0.3 is 5.69 Å². The smallest absolute Gasteiger partial charge is 0.331 e. The fraction of sp³-hybridized carbons (Fsp3) is 0.615. The molecule has 0 aromatic carbocycles. The van der Waals surface area contributed by atoms with Crippen molar-refractivity contribution >= 4 is 5.91 Å². The van der Waals surface area contributed by atoms with Crippen LogP contribution in [0.3, 0.4) is 0 Å². The van der Waals surface area contributed by atoms with Gasteiger partial charge in [0.15, 0.2) is 0 Å². The summed E-state index contributed by atoms with van der Waals surface area (Å²) >= 11 is 0. The van der Waals surface area contributed by atoms with Crippen LogP contribution in [0.2, 0.25) is 0 Å². The lowest BCUT2D eigenvalue weighted by Crippen LogP contribution is -2.45. The van der Waals surface area contributed by atoms with Gasteiger partial charge in [-0.3, -0.25) is 18.7 Å². The van der Waals surface area contributed by atoms with E-state index in [2.05, 4.69) is 0 Å². The lowest BCUT2D eigenvalue weighted by molar-refractivity contribution is -0.134. The molecule has 1 amide bonds. The second-order valence-electron chi connectivity index (χ2n) is 5.34. The average molecular weight is 283 g/mol. The molecule has 0 aliphatic carbocycles. The average Bonchev–Trinajstić information content (AvgIpc) is 2.35. The van der Waals surface area contributed by atoms with E-state index in [9.17, 15) is 19.5 Å². The maximum atomic E-state index is 12.1. The zero-order valence-electron chi connectivity index (χ0n) is 12.3. The highest BCUT2D eigenvalue weighted by molar-refractivity contribution is 5.76. The first-order chi connectivity index (χ1) is 9.15. The van der Waals surface area contributed by atoms with Gasteiger partial charge in [-0.25, -0.2) is 4.79 Å². The van der Waals surface area contributed by atoms with Crippen LogP contribution in [0.1, 0.15) is 20.8 Å². The number of carbonyl (C=O) groups is 1. The standard InChI is InChI=1S/C13H21N3O4/c1-5-15(9-13(2,3)20)11(18)8-16-7-6-10(17)14(4)12(16)19/h6-7,20H,5,8-9H2,1-4H3. The van der Waals surface area contributed by atoms with Crippen molar-refractivity contribution in [1.82, 2.24) is 14.0 Å². The quantitative estimate of drug-likeness (QED) is 0.764. The summed E-state index contributed by atoms with van der Waals surface area (Å²) in [5, 5.41) is 9.76. The van der Waals surface area contributed by atoms with E-state index in [-0.39, 0.29) is 19.0 Å². The molecular weight excluding hydrogens is 262 g/mol. The van der Waals surface area contributed by atoms with Crippen LogP contribution >= 0.6 is 0 Å². The molecule has 1 aromatic rings. The van der Waals surface area contributed by atoms with Crippen molar-refractivity contribution in [3.63, 3.8) is 0 Å². The van der Waals surface area contributed by atoms with E-state index in [0.29, 0.717) is 6.54 Å². The van der Waals surface area contributed by atoms with Gasteiger partial charge in [0.2, 0.25) is 5.91 Å². The minimum absolute atomic E-state index is 0.156. The summed E-state index contributed by atoms with van der Waals surface area (Å²) in [6.45, 7) is 5.49. The molecule has 1 heterocycles. The number of likely N-dealkylation sites (N-methyl/N-ethyl adjacent to an activating group) is 1. The second-order valence-corrected chi connectivity index (χ2v) is 5.34. The predicted molar refractivity (Wildman–Crippen MR) is 74.5 cm³/mol. The molecule has 0 spiro atoms. The highest BCUT2D eigenvalue weighted by Gasteiger charge is 2.21. The van der Waals surface area contributed by atoms with Crippen molar-refractivity contribution in [2.75, 3.05) is 13.1 Å². The molecule has 1 N–H and O–H groups in total. The monoisotopic (exact) mass is 283 g/mol. The third-order valence-electron chi connectivity index (χ3n) is 2.88. The van der Waals surface area contributed by atoms with Crippen LogP contribution in [0, 0.1) is 0 Å². The minimum atomic E-state index is -1.000. The predicted octanol–water partition coefficient (Wildman–Crippen LogP) is -0.834. The molecule has 0 saturated heterocycles. The van der Waals surface area contributed by atoms with Crippen molar-refractivity contribution in [2.45, 2.75) is 32.9 Å².